The molecule has 1 heterocycles. The lowest BCUT2D eigenvalue weighted by atomic mass is 10.2. The van der Waals surface area contributed by atoms with E-state index in [1.54, 1.807) is 23.9 Å². The second-order valence-electron chi connectivity index (χ2n) is 4.61. The molecule has 0 radical (unpaired) electrons. The van der Waals surface area contributed by atoms with E-state index in [9.17, 15) is 13.2 Å². The van der Waals surface area contributed by atoms with E-state index in [1.165, 1.54) is 22.5 Å². The number of nitrogens with zero attached hydrogens (tertiary/aromatic N) is 1. The minimum Gasteiger partial charge on any atom is -0.478 e. The monoisotopic (exact) mass is 327 g/mol. The molecule has 0 spiro atoms. The summed E-state index contributed by atoms with van der Waals surface area (Å²) < 4.78 is 26.6. The second-order valence-corrected chi connectivity index (χ2v) is 7.77. The topological polar surface area (TPSA) is 74.7 Å². The third-order valence-electron chi connectivity index (χ3n) is 3.12. The van der Waals surface area contributed by atoms with E-state index in [4.69, 9.17) is 5.11 Å². The van der Waals surface area contributed by atoms with Crippen molar-refractivity contribution in [3.05, 3.63) is 35.9 Å². The van der Waals surface area contributed by atoms with Crippen LogP contribution in [0.15, 0.2) is 35.2 Å². The predicted molar refractivity (Wildman–Crippen MR) is 83.8 cm³/mol. The summed E-state index contributed by atoms with van der Waals surface area (Å²) in [6.45, 7) is 1.09. The summed E-state index contributed by atoms with van der Waals surface area (Å²) in [5.41, 5.74) is 0.655. The van der Waals surface area contributed by atoms with Crippen LogP contribution in [0.5, 0.6) is 0 Å². The molecule has 114 valence electrons. The Morgan fingerprint density at radius 2 is 1.90 bits per heavy atom. The molecule has 0 atom stereocenters. The number of carboxylic acids is 1. The Morgan fingerprint density at radius 3 is 2.57 bits per heavy atom. The first kappa shape index (κ1) is 16.1. The summed E-state index contributed by atoms with van der Waals surface area (Å²) >= 11 is 1.77. The van der Waals surface area contributed by atoms with Gasteiger partial charge in [0.05, 0.1) is 4.90 Å². The minimum absolute atomic E-state index is 0.252. The van der Waals surface area contributed by atoms with Gasteiger partial charge in [-0.1, -0.05) is 12.1 Å². The number of thioether (sulfide) groups is 1. The third kappa shape index (κ3) is 4.33. The first-order valence-electron chi connectivity index (χ1n) is 6.59. The zero-order valence-electron chi connectivity index (χ0n) is 11.4. The summed E-state index contributed by atoms with van der Waals surface area (Å²) in [7, 11) is -3.45. The van der Waals surface area contributed by atoms with Crippen LogP contribution in [0.3, 0.4) is 0 Å². The molecule has 7 heteroatoms. The molecule has 0 bridgehead atoms. The smallest absolute Gasteiger partial charge is 0.328 e. The van der Waals surface area contributed by atoms with Gasteiger partial charge < -0.3 is 5.11 Å². The second kappa shape index (κ2) is 7.11. The molecule has 1 aliphatic rings. The van der Waals surface area contributed by atoms with Gasteiger partial charge in [-0.25, -0.2) is 13.2 Å². The molecule has 1 fully saturated rings. The fraction of sp³-hybridized carbons (Fsp3) is 0.357. The number of hydrogen-bond donors (Lipinski definition) is 1. The summed E-state index contributed by atoms with van der Waals surface area (Å²) in [5.74, 6) is 0.776. The molecule has 0 unspecified atom stereocenters. The Hall–Kier alpha value is -1.31. The Morgan fingerprint density at radius 1 is 1.19 bits per heavy atom. The first-order valence-corrected chi connectivity index (χ1v) is 9.18. The Labute approximate surface area is 128 Å². The standard InChI is InChI=1S/C14H17NO4S2/c16-14(17)7-4-12-2-5-13(6-3-12)21(18,19)15-8-1-10-20-11-9-15/h2-7H,1,8-11H2,(H,16,17). The van der Waals surface area contributed by atoms with Crippen molar-refractivity contribution in [3.8, 4) is 0 Å². The van der Waals surface area contributed by atoms with Crippen molar-refractivity contribution in [2.24, 2.45) is 0 Å². The van der Waals surface area contributed by atoms with Crippen LogP contribution in [0.2, 0.25) is 0 Å². The van der Waals surface area contributed by atoms with Crippen LogP contribution >= 0.6 is 11.8 Å². The van der Waals surface area contributed by atoms with Crippen molar-refractivity contribution in [1.29, 1.82) is 0 Å². The molecular weight excluding hydrogens is 310 g/mol. The molecular formula is C14H17NO4S2. The lowest BCUT2D eigenvalue weighted by Crippen LogP contribution is -2.32. The van der Waals surface area contributed by atoms with Crippen molar-refractivity contribution in [3.63, 3.8) is 0 Å². The highest BCUT2D eigenvalue weighted by molar-refractivity contribution is 7.99. The maximum atomic E-state index is 12.5. The molecule has 1 saturated heterocycles. The third-order valence-corrected chi connectivity index (χ3v) is 6.08. The largest absolute Gasteiger partial charge is 0.478 e. The first-order chi connectivity index (χ1) is 10.00. The molecule has 21 heavy (non-hydrogen) atoms. The van der Waals surface area contributed by atoms with Gasteiger partial charge in [-0.2, -0.15) is 16.1 Å². The van der Waals surface area contributed by atoms with E-state index in [0.717, 1.165) is 24.0 Å². The minimum atomic E-state index is -3.45. The maximum absolute atomic E-state index is 12.5. The van der Waals surface area contributed by atoms with Crippen molar-refractivity contribution in [1.82, 2.24) is 4.31 Å². The van der Waals surface area contributed by atoms with Crippen LogP contribution < -0.4 is 0 Å². The SMILES string of the molecule is O=C(O)C=Cc1ccc(S(=O)(=O)N2CCCSCC2)cc1. The molecule has 1 N–H and O–H groups in total. The quantitative estimate of drug-likeness (QED) is 0.855. The van der Waals surface area contributed by atoms with E-state index < -0.39 is 16.0 Å². The molecule has 0 saturated carbocycles. The van der Waals surface area contributed by atoms with Crippen LogP contribution in [0.4, 0.5) is 0 Å². The maximum Gasteiger partial charge on any atom is 0.328 e. The van der Waals surface area contributed by atoms with Crippen molar-refractivity contribution >= 4 is 33.8 Å². The average Bonchev–Trinajstić information content (AvgIpc) is 2.75. The van der Waals surface area contributed by atoms with E-state index in [2.05, 4.69) is 0 Å². The molecule has 0 aliphatic carbocycles. The van der Waals surface area contributed by atoms with Crippen molar-refractivity contribution in [2.45, 2.75) is 11.3 Å². The average molecular weight is 327 g/mol. The van der Waals surface area contributed by atoms with Crippen LogP contribution in [0, 0.1) is 0 Å². The van der Waals surface area contributed by atoms with Gasteiger partial charge in [0.15, 0.2) is 0 Å². The zero-order chi connectivity index (χ0) is 15.3. The number of aliphatic carboxylic acids is 1. The molecule has 1 aromatic carbocycles. The van der Waals surface area contributed by atoms with Gasteiger partial charge in [0.2, 0.25) is 10.0 Å². The number of carboxylic acid groups (broad SMARTS) is 1. The van der Waals surface area contributed by atoms with Crippen LogP contribution in [0.25, 0.3) is 6.08 Å². The predicted octanol–water partition coefficient (Wildman–Crippen LogP) is 1.91. The van der Waals surface area contributed by atoms with Gasteiger partial charge in [-0.05, 0) is 35.9 Å². The summed E-state index contributed by atoms with van der Waals surface area (Å²) in [6, 6.07) is 6.27. The number of rotatable bonds is 4. The molecule has 2 rings (SSSR count). The lowest BCUT2D eigenvalue weighted by Gasteiger charge is -2.19. The van der Waals surface area contributed by atoms with Crippen molar-refractivity contribution in [2.75, 3.05) is 24.6 Å². The molecule has 1 aromatic rings. The van der Waals surface area contributed by atoms with E-state index in [0.29, 0.717) is 18.7 Å². The highest BCUT2D eigenvalue weighted by Crippen LogP contribution is 2.20. The van der Waals surface area contributed by atoms with Gasteiger partial charge in [-0.15, -0.1) is 0 Å². The Balaban J connectivity index is 2.18. The normalized spacial score (nSPS) is 17.7. The Bertz CT molecular complexity index is 615. The van der Waals surface area contributed by atoms with Gasteiger partial charge >= 0.3 is 5.97 Å². The van der Waals surface area contributed by atoms with Gasteiger partial charge in [0.1, 0.15) is 0 Å². The molecule has 0 aromatic heterocycles. The van der Waals surface area contributed by atoms with E-state index in [-0.39, 0.29) is 4.90 Å². The lowest BCUT2D eigenvalue weighted by molar-refractivity contribution is -0.131. The fourth-order valence-corrected chi connectivity index (χ4v) is 4.51. The van der Waals surface area contributed by atoms with Crippen LogP contribution in [-0.4, -0.2) is 48.4 Å². The highest BCUT2D eigenvalue weighted by atomic mass is 32.2. The van der Waals surface area contributed by atoms with Crippen LogP contribution in [0.1, 0.15) is 12.0 Å². The Kier molecular flexibility index (Phi) is 5.44. The number of benzene rings is 1. The molecule has 1 aliphatic heterocycles. The number of carbonyl (C=O) groups is 1. The molecule has 0 amide bonds. The van der Waals surface area contributed by atoms with Gasteiger partial charge in [0, 0.05) is 24.9 Å². The van der Waals surface area contributed by atoms with Crippen LogP contribution in [-0.2, 0) is 14.8 Å². The summed E-state index contributed by atoms with van der Waals surface area (Å²) in [4.78, 5) is 10.7. The van der Waals surface area contributed by atoms with Crippen molar-refractivity contribution < 1.29 is 18.3 Å². The van der Waals surface area contributed by atoms with Gasteiger partial charge in [-0.3, -0.25) is 0 Å². The number of hydrogen-bond acceptors (Lipinski definition) is 4. The highest BCUT2D eigenvalue weighted by Gasteiger charge is 2.24. The zero-order valence-corrected chi connectivity index (χ0v) is 13.1. The molecule has 5 nitrogen and oxygen atoms in total. The summed E-state index contributed by atoms with van der Waals surface area (Å²) in [5, 5.41) is 8.56. The van der Waals surface area contributed by atoms with E-state index >= 15 is 0 Å². The fourth-order valence-electron chi connectivity index (χ4n) is 2.03. The number of sulfonamides is 1. The summed E-state index contributed by atoms with van der Waals surface area (Å²) in [6.07, 6.45) is 3.32. The van der Waals surface area contributed by atoms with E-state index in [1.807, 2.05) is 0 Å². The van der Waals surface area contributed by atoms with Gasteiger partial charge in [0.25, 0.3) is 0 Å².